The van der Waals surface area contributed by atoms with E-state index in [1.54, 1.807) is 6.07 Å². The molecule has 0 unspecified atom stereocenters. The Hall–Kier alpha value is -4.41. The SMILES string of the molecule is CN1CCN(Cc2ccc(N=C(c3ccc4c(c3)OCO4)c3c(O)[nH]c4cc([N+](=O)[O-])ccc34)cc2)CC1. The third kappa shape index (κ3) is 4.67. The number of rotatable bonds is 6. The standard InChI is InChI=1S/C28H27N5O5/c1-31-10-12-32(13-11-31)16-18-2-5-20(6-3-18)29-27(19-4-9-24-25(14-19)38-17-37-24)26-22-8-7-21(33(35)36)15-23(22)30-28(26)34/h2-9,14-15,30,34H,10-13,16-17H2,1H3. The monoisotopic (exact) mass is 513 g/mol. The normalized spacial score (nSPS) is 16.3. The van der Waals surface area contributed by atoms with E-state index in [1.807, 2.05) is 30.3 Å². The van der Waals surface area contributed by atoms with E-state index < -0.39 is 4.92 Å². The molecule has 0 saturated carbocycles. The second kappa shape index (κ2) is 9.81. The zero-order valence-corrected chi connectivity index (χ0v) is 20.9. The summed E-state index contributed by atoms with van der Waals surface area (Å²) in [6.07, 6.45) is 0. The summed E-state index contributed by atoms with van der Waals surface area (Å²) in [5.41, 5.74) is 3.98. The average molecular weight is 514 g/mol. The Morgan fingerprint density at radius 1 is 1.03 bits per heavy atom. The van der Waals surface area contributed by atoms with Crippen molar-refractivity contribution in [2.24, 2.45) is 4.99 Å². The largest absolute Gasteiger partial charge is 0.494 e. The molecule has 3 aromatic carbocycles. The Morgan fingerprint density at radius 3 is 2.55 bits per heavy atom. The molecule has 38 heavy (non-hydrogen) atoms. The highest BCUT2D eigenvalue weighted by molar-refractivity contribution is 6.22. The van der Waals surface area contributed by atoms with Gasteiger partial charge in [0.2, 0.25) is 6.79 Å². The van der Waals surface area contributed by atoms with Crippen molar-refractivity contribution in [1.29, 1.82) is 0 Å². The summed E-state index contributed by atoms with van der Waals surface area (Å²) in [4.78, 5) is 23.4. The first-order chi connectivity index (χ1) is 18.4. The second-order valence-electron chi connectivity index (χ2n) is 9.61. The Labute approximate surface area is 218 Å². The number of nitrogens with one attached hydrogen (secondary N) is 1. The van der Waals surface area contributed by atoms with Crippen LogP contribution in [0.4, 0.5) is 11.4 Å². The van der Waals surface area contributed by atoms with Crippen molar-refractivity contribution < 1.29 is 19.5 Å². The number of H-pyrrole nitrogens is 1. The summed E-state index contributed by atoms with van der Waals surface area (Å²) in [6, 6.07) is 18.0. The van der Waals surface area contributed by atoms with Gasteiger partial charge in [-0.25, -0.2) is 4.99 Å². The smallest absolute Gasteiger partial charge is 0.271 e. The molecule has 0 radical (unpaired) electrons. The fourth-order valence-corrected chi connectivity index (χ4v) is 4.90. The molecule has 0 bridgehead atoms. The molecule has 1 saturated heterocycles. The van der Waals surface area contributed by atoms with Gasteiger partial charge in [-0.2, -0.15) is 0 Å². The van der Waals surface area contributed by atoms with E-state index in [4.69, 9.17) is 14.5 Å². The van der Waals surface area contributed by atoms with Gasteiger partial charge < -0.3 is 24.5 Å². The van der Waals surface area contributed by atoms with Gasteiger partial charge in [0.05, 0.1) is 27.4 Å². The highest BCUT2D eigenvalue weighted by atomic mass is 16.7. The maximum atomic E-state index is 11.3. The number of nitro benzene ring substituents is 1. The number of aromatic nitrogens is 1. The molecule has 10 nitrogen and oxygen atoms in total. The molecule has 2 N–H and O–H groups in total. The van der Waals surface area contributed by atoms with Crippen molar-refractivity contribution in [3.63, 3.8) is 0 Å². The zero-order chi connectivity index (χ0) is 26.2. The molecule has 2 aliphatic heterocycles. The number of non-ortho nitro benzene ring substituents is 1. The number of benzene rings is 3. The Bertz CT molecular complexity index is 1540. The topological polar surface area (TPSA) is 116 Å². The minimum atomic E-state index is -0.465. The number of likely N-dealkylation sites (N-methyl/N-ethyl adjacent to an activating group) is 1. The van der Waals surface area contributed by atoms with Crippen molar-refractivity contribution in [3.8, 4) is 17.4 Å². The lowest BCUT2D eigenvalue weighted by atomic mass is 10.00. The number of aliphatic imine (C=N–C) groups is 1. The van der Waals surface area contributed by atoms with Gasteiger partial charge >= 0.3 is 0 Å². The summed E-state index contributed by atoms with van der Waals surface area (Å²) in [6.45, 7) is 5.25. The molecule has 194 valence electrons. The van der Waals surface area contributed by atoms with Gasteiger partial charge in [0.15, 0.2) is 17.4 Å². The predicted molar refractivity (Wildman–Crippen MR) is 144 cm³/mol. The van der Waals surface area contributed by atoms with Gasteiger partial charge in [0, 0.05) is 55.8 Å². The highest BCUT2D eigenvalue weighted by Crippen LogP contribution is 2.37. The Morgan fingerprint density at radius 2 is 1.79 bits per heavy atom. The molecule has 0 aliphatic carbocycles. The van der Waals surface area contributed by atoms with Crippen molar-refractivity contribution in [2.75, 3.05) is 40.0 Å². The molecule has 0 amide bonds. The predicted octanol–water partition coefficient (Wildman–Crippen LogP) is 4.43. The fourth-order valence-electron chi connectivity index (χ4n) is 4.90. The number of hydrogen-bond acceptors (Lipinski definition) is 8. The number of aromatic hydroxyl groups is 1. The first-order valence-electron chi connectivity index (χ1n) is 12.4. The van der Waals surface area contributed by atoms with Crippen molar-refractivity contribution in [1.82, 2.24) is 14.8 Å². The van der Waals surface area contributed by atoms with Crippen LogP contribution in [0.25, 0.3) is 10.9 Å². The molecule has 1 aromatic heterocycles. The van der Waals surface area contributed by atoms with Gasteiger partial charge in [0.25, 0.3) is 5.69 Å². The number of piperazine rings is 1. The van der Waals surface area contributed by atoms with Gasteiger partial charge in [-0.05, 0) is 49.0 Å². The highest BCUT2D eigenvalue weighted by Gasteiger charge is 2.23. The molecule has 2 aliphatic rings. The van der Waals surface area contributed by atoms with Crippen LogP contribution in [-0.2, 0) is 6.54 Å². The Balaban J connectivity index is 1.39. The van der Waals surface area contributed by atoms with Crippen LogP contribution in [0.2, 0.25) is 0 Å². The lowest BCUT2D eigenvalue weighted by Crippen LogP contribution is -2.43. The average Bonchev–Trinajstić information content (AvgIpc) is 3.52. The molecule has 0 atom stereocenters. The maximum Gasteiger partial charge on any atom is 0.271 e. The zero-order valence-electron chi connectivity index (χ0n) is 20.9. The minimum Gasteiger partial charge on any atom is -0.494 e. The number of ether oxygens (including phenoxy) is 2. The summed E-state index contributed by atoms with van der Waals surface area (Å²) in [5.74, 6) is 1.11. The van der Waals surface area contributed by atoms with Gasteiger partial charge in [0.1, 0.15) is 0 Å². The Kier molecular flexibility index (Phi) is 6.18. The number of fused-ring (bicyclic) bond motifs is 2. The van der Waals surface area contributed by atoms with Crippen molar-refractivity contribution >= 4 is 28.0 Å². The van der Waals surface area contributed by atoms with E-state index in [2.05, 4.69) is 34.0 Å². The summed E-state index contributed by atoms with van der Waals surface area (Å²) < 4.78 is 11.0. The van der Waals surface area contributed by atoms with Gasteiger partial charge in [-0.3, -0.25) is 15.0 Å². The van der Waals surface area contributed by atoms with Gasteiger partial charge in [-0.15, -0.1) is 0 Å². The molecule has 3 heterocycles. The van der Waals surface area contributed by atoms with E-state index in [0.717, 1.165) is 38.4 Å². The van der Waals surface area contributed by atoms with E-state index in [9.17, 15) is 15.2 Å². The summed E-state index contributed by atoms with van der Waals surface area (Å²) in [5, 5.41) is 22.8. The molecule has 0 spiro atoms. The molecular formula is C28H27N5O5. The van der Waals surface area contributed by atoms with Gasteiger partial charge in [-0.1, -0.05) is 12.1 Å². The first-order valence-corrected chi connectivity index (χ1v) is 12.4. The lowest BCUT2D eigenvalue weighted by Gasteiger charge is -2.32. The van der Waals surface area contributed by atoms with Crippen LogP contribution in [0.1, 0.15) is 16.7 Å². The number of nitro groups is 1. The molecule has 4 aromatic rings. The van der Waals surface area contributed by atoms with Crippen LogP contribution in [-0.4, -0.2) is 70.5 Å². The van der Waals surface area contributed by atoms with Crippen LogP contribution >= 0.6 is 0 Å². The van der Waals surface area contributed by atoms with Crippen LogP contribution in [0.3, 0.4) is 0 Å². The number of nitrogens with zero attached hydrogens (tertiary/aromatic N) is 4. The first kappa shape index (κ1) is 24.0. The van der Waals surface area contributed by atoms with E-state index in [-0.39, 0.29) is 18.4 Å². The van der Waals surface area contributed by atoms with E-state index in [1.165, 1.54) is 17.7 Å². The molecular weight excluding hydrogens is 486 g/mol. The quantitative estimate of drug-likeness (QED) is 0.223. The third-order valence-electron chi connectivity index (χ3n) is 7.04. The maximum absolute atomic E-state index is 11.3. The number of hydrogen-bond donors (Lipinski definition) is 2. The summed E-state index contributed by atoms with van der Waals surface area (Å²) in [7, 11) is 2.15. The van der Waals surface area contributed by atoms with Crippen molar-refractivity contribution in [2.45, 2.75) is 6.54 Å². The van der Waals surface area contributed by atoms with E-state index in [0.29, 0.717) is 39.2 Å². The number of aromatic amines is 1. The third-order valence-corrected chi connectivity index (χ3v) is 7.04. The molecule has 6 rings (SSSR count). The molecule has 1 fully saturated rings. The van der Waals surface area contributed by atoms with Crippen LogP contribution in [0.5, 0.6) is 17.4 Å². The molecule has 10 heteroatoms. The fraction of sp³-hybridized carbons (Fsp3) is 0.250. The lowest BCUT2D eigenvalue weighted by molar-refractivity contribution is -0.384. The van der Waals surface area contributed by atoms with Crippen LogP contribution in [0, 0.1) is 10.1 Å². The summed E-state index contributed by atoms with van der Waals surface area (Å²) >= 11 is 0. The van der Waals surface area contributed by atoms with Crippen LogP contribution < -0.4 is 9.47 Å². The second-order valence-corrected chi connectivity index (χ2v) is 9.61. The minimum absolute atomic E-state index is 0.0668. The van der Waals surface area contributed by atoms with E-state index >= 15 is 0 Å². The van der Waals surface area contributed by atoms with Crippen LogP contribution in [0.15, 0.2) is 65.7 Å². The van der Waals surface area contributed by atoms with Crippen molar-refractivity contribution in [3.05, 3.63) is 87.5 Å².